The Hall–Kier alpha value is -3.29. The van der Waals surface area contributed by atoms with Crippen molar-refractivity contribution in [1.29, 1.82) is 0 Å². The van der Waals surface area contributed by atoms with Gasteiger partial charge in [-0.05, 0) is 75.2 Å². The second-order valence-electron chi connectivity index (χ2n) is 10.4. The van der Waals surface area contributed by atoms with Crippen molar-refractivity contribution >= 4 is 23.2 Å². The van der Waals surface area contributed by atoms with Crippen LogP contribution in [0.4, 0.5) is 15.8 Å². The number of aromatic amines is 1. The third kappa shape index (κ3) is 5.45. The zero-order chi connectivity index (χ0) is 26.6. The summed E-state index contributed by atoms with van der Waals surface area (Å²) in [6, 6.07) is 12.5. The number of H-pyrrole nitrogens is 1. The second-order valence-corrected chi connectivity index (χ2v) is 10.4. The largest absolute Gasteiger partial charge is 0.369 e. The zero-order valence-corrected chi connectivity index (χ0v) is 22.9. The van der Waals surface area contributed by atoms with Crippen LogP contribution in [0.5, 0.6) is 0 Å². The number of nitrogens with zero attached hydrogens (tertiary/aromatic N) is 4. The second kappa shape index (κ2) is 11.6. The van der Waals surface area contributed by atoms with Crippen LogP contribution in [0.1, 0.15) is 61.5 Å². The summed E-state index contributed by atoms with van der Waals surface area (Å²) in [6.45, 7) is 16.3. The molecule has 0 amide bonds. The maximum atomic E-state index is 15.5. The van der Waals surface area contributed by atoms with Gasteiger partial charge in [-0.3, -0.25) is 5.10 Å². The molecule has 2 fully saturated rings. The van der Waals surface area contributed by atoms with Crippen molar-refractivity contribution in [2.75, 3.05) is 44.2 Å². The van der Waals surface area contributed by atoms with Gasteiger partial charge in [0.25, 0.3) is 0 Å². The summed E-state index contributed by atoms with van der Waals surface area (Å²) in [4.78, 5) is 9.81. The van der Waals surface area contributed by atoms with E-state index >= 15 is 4.39 Å². The fourth-order valence-corrected chi connectivity index (χ4v) is 5.75. The summed E-state index contributed by atoms with van der Waals surface area (Å²) in [7, 11) is 0. The molecule has 38 heavy (non-hydrogen) atoms. The SMILES string of the molecule is C=Cc1[nH]nc(-c2ccc(N3CCN(CC)CC3)cc2)c1/N=C(\C)c1c(C)cc(C2CCCCN2)cc1F. The lowest BCUT2D eigenvalue weighted by atomic mass is 9.93. The lowest BCUT2D eigenvalue weighted by Crippen LogP contribution is -2.46. The van der Waals surface area contributed by atoms with Crippen LogP contribution in [0.2, 0.25) is 0 Å². The van der Waals surface area contributed by atoms with E-state index in [0.29, 0.717) is 17.0 Å². The molecule has 2 aromatic carbocycles. The average molecular weight is 515 g/mol. The standard InChI is InChI=1S/C31H39FN6/c1-5-27-31(34-22(4)29-21(3)19-24(20-26(29)32)28-9-7-8-14-33-28)30(36-35-27)23-10-12-25(13-11-23)38-17-15-37(6-2)16-18-38/h5,10-13,19-20,28,33H,1,6-9,14-18H2,2-4H3,(H,35,36)/b34-22+. The van der Waals surface area contributed by atoms with Gasteiger partial charge in [-0.2, -0.15) is 5.10 Å². The molecule has 3 aromatic rings. The highest BCUT2D eigenvalue weighted by molar-refractivity contribution is 6.03. The molecule has 5 rings (SSSR count). The molecule has 1 aromatic heterocycles. The van der Waals surface area contributed by atoms with Crippen molar-refractivity contribution in [1.82, 2.24) is 20.4 Å². The van der Waals surface area contributed by atoms with Crippen molar-refractivity contribution in [2.24, 2.45) is 4.99 Å². The van der Waals surface area contributed by atoms with E-state index < -0.39 is 0 Å². The molecule has 3 heterocycles. The van der Waals surface area contributed by atoms with E-state index in [2.05, 4.69) is 69.1 Å². The number of hydrogen-bond acceptors (Lipinski definition) is 5. The number of anilines is 1. The number of aromatic nitrogens is 2. The molecular weight excluding hydrogens is 475 g/mol. The van der Waals surface area contributed by atoms with Gasteiger partial charge in [-0.1, -0.05) is 38.1 Å². The number of aliphatic imine (C=N–C) groups is 1. The molecule has 0 radical (unpaired) electrons. The molecule has 0 bridgehead atoms. The van der Waals surface area contributed by atoms with Crippen molar-refractivity contribution in [3.8, 4) is 11.3 Å². The summed E-state index contributed by atoms with van der Waals surface area (Å²) >= 11 is 0. The highest BCUT2D eigenvalue weighted by Crippen LogP contribution is 2.35. The Kier molecular flexibility index (Phi) is 8.05. The van der Waals surface area contributed by atoms with Crippen LogP contribution in [-0.2, 0) is 0 Å². The van der Waals surface area contributed by atoms with Crippen LogP contribution in [-0.4, -0.2) is 60.1 Å². The summed E-state index contributed by atoms with van der Waals surface area (Å²) in [5.41, 5.74) is 7.41. The summed E-state index contributed by atoms with van der Waals surface area (Å²) < 4.78 is 15.5. The fourth-order valence-electron chi connectivity index (χ4n) is 5.75. The minimum Gasteiger partial charge on any atom is -0.369 e. The monoisotopic (exact) mass is 514 g/mol. The quantitative estimate of drug-likeness (QED) is 0.365. The van der Waals surface area contributed by atoms with E-state index in [0.717, 1.165) is 73.8 Å². The third-order valence-electron chi connectivity index (χ3n) is 7.96. The van der Waals surface area contributed by atoms with E-state index in [1.54, 1.807) is 12.1 Å². The first-order valence-electron chi connectivity index (χ1n) is 13.9. The van der Waals surface area contributed by atoms with Gasteiger partial charge in [0.1, 0.15) is 17.2 Å². The number of piperazine rings is 1. The Balaban J connectivity index is 1.42. The molecule has 2 N–H and O–H groups in total. The average Bonchev–Trinajstić information content (AvgIpc) is 3.35. The van der Waals surface area contributed by atoms with Crippen molar-refractivity contribution in [2.45, 2.75) is 46.1 Å². The Morgan fingerprint density at radius 3 is 2.55 bits per heavy atom. The van der Waals surface area contributed by atoms with Crippen LogP contribution in [0.15, 0.2) is 48.0 Å². The first kappa shape index (κ1) is 26.3. The highest BCUT2D eigenvalue weighted by atomic mass is 19.1. The van der Waals surface area contributed by atoms with E-state index in [1.165, 1.54) is 18.5 Å². The van der Waals surface area contributed by atoms with E-state index in [9.17, 15) is 0 Å². The first-order chi connectivity index (χ1) is 18.5. The Morgan fingerprint density at radius 2 is 1.92 bits per heavy atom. The summed E-state index contributed by atoms with van der Waals surface area (Å²) in [6.07, 6.45) is 5.11. The number of likely N-dealkylation sites (N-methyl/N-ethyl adjacent to an activating group) is 1. The molecule has 2 saturated heterocycles. The van der Waals surface area contributed by atoms with Crippen LogP contribution in [0.25, 0.3) is 17.3 Å². The third-order valence-corrected chi connectivity index (χ3v) is 7.96. The molecule has 2 aliphatic heterocycles. The molecule has 0 aliphatic carbocycles. The normalized spacial score (nSPS) is 19.1. The predicted octanol–water partition coefficient (Wildman–Crippen LogP) is 6.26. The van der Waals surface area contributed by atoms with Gasteiger partial charge in [-0.25, -0.2) is 9.38 Å². The van der Waals surface area contributed by atoms with Crippen molar-refractivity contribution in [3.05, 3.63) is 71.2 Å². The van der Waals surface area contributed by atoms with E-state index in [-0.39, 0.29) is 11.9 Å². The Bertz CT molecular complexity index is 1270. The topological polar surface area (TPSA) is 59.6 Å². The Labute approximate surface area is 225 Å². The molecule has 2 aliphatic rings. The number of piperidine rings is 1. The maximum Gasteiger partial charge on any atom is 0.132 e. The predicted molar refractivity (Wildman–Crippen MR) is 156 cm³/mol. The van der Waals surface area contributed by atoms with Gasteiger partial charge >= 0.3 is 0 Å². The number of benzene rings is 2. The van der Waals surface area contributed by atoms with Crippen LogP contribution < -0.4 is 10.2 Å². The molecule has 6 nitrogen and oxygen atoms in total. The number of rotatable bonds is 7. The fraction of sp³-hybridized carbons (Fsp3) is 0.419. The lowest BCUT2D eigenvalue weighted by Gasteiger charge is -2.35. The number of aryl methyl sites for hydroxylation is 1. The van der Waals surface area contributed by atoms with E-state index in [1.807, 2.05) is 13.8 Å². The van der Waals surface area contributed by atoms with Gasteiger partial charge in [0, 0.05) is 54.7 Å². The molecule has 7 heteroatoms. The first-order valence-corrected chi connectivity index (χ1v) is 13.9. The highest BCUT2D eigenvalue weighted by Gasteiger charge is 2.21. The summed E-state index contributed by atoms with van der Waals surface area (Å²) in [5, 5.41) is 11.1. The smallest absolute Gasteiger partial charge is 0.132 e. The number of halogens is 1. The molecule has 1 unspecified atom stereocenters. The molecule has 0 saturated carbocycles. The van der Waals surface area contributed by atoms with Crippen molar-refractivity contribution < 1.29 is 4.39 Å². The summed E-state index contributed by atoms with van der Waals surface area (Å²) in [5.74, 6) is -0.230. The minimum atomic E-state index is -0.230. The minimum absolute atomic E-state index is 0.217. The zero-order valence-electron chi connectivity index (χ0n) is 22.9. The lowest BCUT2D eigenvalue weighted by molar-refractivity contribution is 0.271. The maximum absolute atomic E-state index is 15.5. The number of hydrogen-bond donors (Lipinski definition) is 2. The van der Waals surface area contributed by atoms with Crippen LogP contribution in [0, 0.1) is 12.7 Å². The number of nitrogens with one attached hydrogen (secondary N) is 2. The van der Waals surface area contributed by atoms with Crippen molar-refractivity contribution in [3.63, 3.8) is 0 Å². The van der Waals surface area contributed by atoms with Gasteiger partial charge in [-0.15, -0.1) is 0 Å². The Morgan fingerprint density at radius 1 is 1.16 bits per heavy atom. The van der Waals surface area contributed by atoms with Gasteiger partial charge in [0.2, 0.25) is 0 Å². The van der Waals surface area contributed by atoms with E-state index in [4.69, 9.17) is 4.99 Å². The molecular formula is C31H39FN6. The van der Waals surface area contributed by atoms with Crippen LogP contribution >= 0.6 is 0 Å². The molecule has 1 atom stereocenters. The molecule has 0 spiro atoms. The van der Waals surface area contributed by atoms with Gasteiger partial charge < -0.3 is 15.1 Å². The molecule has 200 valence electrons. The van der Waals surface area contributed by atoms with Crippen LogP contribution in [0.3, 0.4) is 0 Å². The van der Waals surface area contributed by atoms with Gasteiger partial charge in [0.15, 0.2) is 0 Å². The van der Waals surface area contributed by atoms with Gasteiger partial charge in [0.05, 0.1) is 5.69 Å².